The molecule has 4 nitrogen and oxygen atoms in total. The number of aliphatic imine (C=N–C) groups is 1. The van der Waals surface area contributed by atoms with Gasteiger partial charge in [0, 0.05) is 43.4 Å². The van der Waals surface area contributed by atoms with Gasteiger partial charge in [-0.15, -0.1) is 6.58 Å². The van der Waals surface area contributed by atoms with Crippen LogP contribution in [0.5, 0.6) is 0 Å². The Kier molecular flexibility index (Phi) is 6.78. The Bertz CT molecular complexity index is 556. The summed E-state index contributed by atoms with van der Waals surface area (Å²) in [4.78, 5) is 7.12. The first-order valence-corrected chi connectivity index (χ1v) is 8.66. The summed E-state index contributed by atoms with van der Waals surface area (Å²) in [7, 11) is 0. The van der Waals surface area contributed by atoms with Gasteiger partial charge in [-0.05, 0) is 43.9 Å². The van der Waals surface area contributed by atoms with E-state index in [1.165, 1.54) is 11.3 Å². The van der Waals surface area contributed by atoms with E-state index < -0.39 is 0 Å². The van der Waals surface area contributed by atoms with Crippen LogP contribution in [0.25, 0.3) is 0 Å². The Morgan fingerprint density at radius 1 is 1.48 bits per heavy atom. The molecule has 1 aliphatic heterocycles. The number of anilines is 1. The smallest absolute Gasteiger partial charge is 0.191 e. The van der Waals surface area contributed by atoms with E-state index in [1.807, 2.05) is 12.1 Å². The summed E-state index contributed by atoms with van der Waals surface area (Å²) < 4.78 is 0. The van der Waals surface area contributed by atoms with Gasteiger partial charge < -0.3 is 15.5 Å². The second-order valence-electron chi connectivity index (χ2n) is 5.92. The van der Waals surface area contributed by atoms with E-state index in [4.69, 9.17) is 16.6 Å². The summed E-state index contributed by atoms with van der Waals surface area (Å²) in [5.74, 6) is 1.44. The van der Waals surface area contributed by atoms with Crippen molar-refractivity contribution in [2.45, 2.75) is 20.3 Å². The van der Waals surface area contributed by atoms with Crippen molar-refractivity contribution in [1.29, 1.82) is 0 Å². The molecule has 23 heavy (non-hydrogen) atoms. The van der Waals surface area contributed by atoms with E-state index in [2.05, 4.69) is 48.1 Å². The zero-order valence-corrected chi connectivity index (χ0v) is 14.9. The largest absolute Gasteiger partial charge is 0.371 e. The topological polar surface area (TPSA) is 39.7 Å². The van der Waals surface area contributed by atoms with Gasteiger partial charge in [0.2, 0.25) is 0 Å². The van der Waals surface area contributed by atoms with Gasteiger partial charge in [0.25, 0.3) is 0 Å². The lowest BCUT2D eigenvalue weighted by atomic mass is 10.1. The second kappa shape index (κ2) is 8.82. The molecule has 1 unspecified atom stereocenters. The standard InChI is InChI=1S/C18H27ClN4/c1-4-9-21-18(20-5-2)22-12-15-8-10-23(13-15)17-11-16(19)7-6-14(17)3/h4,6-7,11,15H,1,5,8-10,12-13H2,2-3H3,(H2,20,21,22). The van der Waals surface area contributed by atoms with Crippen molar-refractivity contribution in [2.75, 3.05) is 37.6 Å². The maximum absolute atomic E-state index is 6.14. The fraction of sp³-hybridized carbons (Fsp3) is 0.500. The Balaban J connectivity index is 1.94. The third-order valence-electron chi connectivity index (χ3n) is 4.06. The lowest BCUT2D eigenvalue weighted by Crippen LogP contribution is -2.37. The van der Waals surface area contributed by atoms with E-state index in [-0.39, 0.29) is 0 Å². The fourth-order valence-electron chi connectivity index (χ4n) is 2.85. The van der Waals surface area contributed by atoms with Crippen LogP contribution in [0.1, 0.15) is 18.9 Å². The molecule has 1 atom stereocenters. The van der Waals surface area contributed by atoms with Crippen LogP contribution in [0.2, 0.25) is 5.02 Å². The minimum absolute atomic E-state index is 0.576. The number of halogens is 1. The molecule has 0 radical (unpaired) electrons. The molecule has 1 aromatic carbocycles. The summed E-state index contributed by atoms with van der Waals surface area (Å²) in [5, 5.41) is 7.31. The van der Waals surface area contributed by atoms with Gasteiger partial charge in [0.05, 0.1) is 0 Å². The van der Waals surface area contributed by atoms with E-state index in [0.717, 1.165) is 50.1 Å². The molecule has 1 aromatic rings. The number of guanidine groups is 1. The zero-order chi connectivity index (χ0) is 16.7. The number of benzene rings is 1. The first-order chi connectivity index (χ1) is 11.1. The predicted octanol–water partition coefficient (Wildman–Crippen LogP) is 3.22. The van der Waals surface area contributed by atoms with Crippen LogP contribution in [-0.4, -0.2) is 38.7 Å². The number of hydrogen-bond acceptors (Lipinski definition) is 2. The van der Waals surface area contributed by atoms with Gasteiger partial charge in [-0.3, -0.25) is 4.99 Å². The third kappa shape index (κ3) is 5.17. The highest BCUT2D eigenvalue weighted by molar-refractivity contribution is 6.30. The molecular weight excluding hydrogens is 308 g/mol. The van der Waals surface area contributed by atoms with Crippen molar-refractivity contribution in [3.8, 4) is 0 Å². The van der Waals surface area contributed by atoms with Crippen LogP contribution >= 0.6 is 11.6 Å². The van der Waals surface area contributed by atoms with Crippen molar-refractivity contribution < 1.29 is 0 Å². The van der Waals surface area contributed by atoms with Gasteiger partial charge in [-0.1, -0.05) is 23.7 Å². The van der Waals surface area contributed by atoms with Crippen molar-refractivity contribution >= 4 is 23.2 Å². The average molecular weight is 335 g/mol. The molecule has 0 amide bonds. The van der Waals surface area contributed by atoms with E-state index in [0.29, 0.717) is 5.92 Å². The maximum atomic E-state index is 6.14. The Morgan fingerprint density at radius 2 is 2.30 bits per heavy atom. The molecule has 2 N–H and O–H groups in total. The molecule has 1 saturated heterocycles. The lowest BCUT2D eigenvalue weighted by molar-refractivity contribution is 0.600. The van der Waals surface area contributed by atoms with Crippen LogP contribution in [-0.2, 0) is 0 Å². The van der Waals surface area contributed by atoms with Crippen LogP contribution in [0.15, 0.2) is 35.8 Å². The molecule has 2 rings (SSSR count). The number of hydrogen-bond donors (Lipinski definition) is 2. The summed E-state index contributed by atoms with van der Waals surface area (Å²) in [5.41, 5.74) is 2.53. The van der Waals surface area contributed by atoms with Crippen molar-refractivity contribution in [3.63, 3.8) is 0 Å². The molecule has 1 aliphatic rings. The minimum Gasteiger partial charge on any atom is -0.371 e. The van der Waals surface area contributed by atoms with Crippen molar-refractivity contribution in [3.05, 3.63) is 41.4 Å². The summed E-state index contributed by atoms with van der Waals surface area (Å²) >= 11 is 6.14. The molecule has 0 aliphatic carbocycles. The number of rotatable bonds is 6. The number of aryl methyl sites for hydroxylation is 1. The molecule has 1 heterocycles. The molecule has 0 bridgehead atoms. The first-order valence-electron chi connectivity index (χ1n) is 8.28. The van der Waals surface area contributed by atoms with Crippen LogP contribution in [0.4, 0.5) is 5.69 Å². The molecular formula is C18H27ClN4. The predicted molar refractivity (Wildman–Crippen MR) is 101 cm³/mol. The molecule has 126 valence electrons. The van der Waals surface area contributed by atoms with Crippen molar-refractivity contribution in [1.82, 2.24) is 10.6 Å². The highest BCUT2D eigenvalue weighted by atomic mass is 35.5. The fourth-order valence-corrected chi connectivity index (χ4v) is 3.02. The molecule has 5 heteroatoms. The zero-order valence-electron chi connectivity index (χ0n) is 14.1. The first kappa shape index (κ1) is 17.7. The van der Waals surface area contributed by atoms with E-state index in [9.17, 15) is 0 Å². The molecule has 0 saturated carbocycles. The number of nitrogens with one attached hydrogen (secondary N) is 2. The number of nitrogens with zero attached hydrogens (tertiary/aromatic N) is 2. The highest BCUT2D eigenvalue weighted by Gasteiger charge is 2.23. The second-order valence-corrected chi connectivity index (χ2v) is 6.36. The quantitative estimate of drug-likeness (QED) is 0.477. The maximum Gasteiger partial charge on any atom is 0.191 e. The average Bonchev–Trinajstić information content (AvgIpc) is 3.01. The monoisotopic (exact) mass is 334 g/mol. The van der Waals surface area contributed by atoms with Crippen LogP contribution in [0, 0.1) is 12.8 Å². The summed E-state index contributed by atoms with van der Waals surface area (Å²) in [6.07, 6.45) is 3.00. The molecule has 1 fully saturated rings. The van der Waals surface area contributed by atoms with Gasteiger partial charge in [-0.25, -0.2) is 0 Å². The lowest BCUT2D eigenvalue weighted by Gasteiger charge is -2.21. The van der Waals surface area contributed by atoms with E-state index >= 15 is 0 Å². The Hall–Kier alpha value is -1.68. The van der Waals surface area contributed by atoms with Gasteiger partial charge in [0.1, 0.15) is 0 Å². The van der Waals surface area contributed by atoms with Gasteiger partial charge in [0.15, 0.2) is 5.96 Å². The van der Waals surface area contributed by atoms with Crippen molar-refractivity contribution in [2.24, 2.45) is 10.9 Å². The van der Waals surface area contributed by atoms with Crippen LogP contribution < -0.4 is 15.5 Å². The third-order valence-corrected chi connectivity index (χ3v) is 4.30. The Morgan fingerprint density at radius 3 is 3.04 bits per heavy atom. The summed E-state index contributed by atoms with van der Waals surface area (Å²) in [6, 6.07) is 6.11. The normalized spacial score (nSPS) is 18.1. The molecule has 0 aromatic heterocycles. The minimum atomic E-state index is 0.576. The highest BCUT2D eigenvalue weighted by Crippen LogP contribution is 2.29. The van der Waals surface area contributed by atoms with Crippen LogP contribution in [0.3, 0.4) is 0 Å². The van der Waals surface area contributed by atoms with Gasteiger partial charge in [-0.2, -0.15) is 0 Å². The van der Waals surface area contributed by atoms with E-state index in [1.54, 1.807) is 0 Å². The van der Waals surface area contributed by atoms with Gasteiger partial charge >= 0.3 is 0 Å². The SMILES string of the molecule is C=CCNC(=NCC1CCN(c2cc(Cl)ccc2C)C1)NCC. The molecule has 0 spiro atoms. The Labute approximate surface area is 144 Å². The summed E-state index contributed by atoms with van der Waals surface area (Å²) in [6.45, 7) is 12.5.